The Morgan fingerprint density at radius 2 is 2.03 bits per heavy atom. The normalized spacial score (nSPS) is 27.8. The lowest BCUT2D eigenvalue weighted by atomic mass is 9.86. The molecular weight excluding hydrogens is 402 g/mol. The molecule has 0 bridgehead atoms. The summed E-state index contributed by atoms with van der Waals surface area (Å²) in [5.41, 5.74) is 0.411. The number of urea groups is 1. The van der Waals surface area contributed by atoms with Crippen LogP contribution in [0, 0.1) is 22.0 Å². The van der Waals surface area contributed by atoms with Crippen molar-refractivity contribution in [3.05, 3.63) is 39.9 Å². The number of nitrogens with one attached hydrogen (secondary N) is 2. The number of carbonyl (C=O) groups excluding carboxylic acids is 3. The van der Waals surface area contributed by atoms with Crippen LogP contribution in [0.3, 0.4) is 0 Å². The van der Waals surface area contributed by atoms with E-state index in [1.54, 1.807) is 24.0 Å². The maximum atomic E-state index is 13.6. The lowest BCUT2D eigenvalue weighted by Crippen LogP contribution is -2.56. The van der Waals surface area contributed by atoms with Gasteiger partial charge in [0.2, 0.25) is 5.91 Å². The van der Waals surface area contributed by atoms with Crippen LogP contribution in [0.1, 0.15) is 31.4 Å². The monoisotopic (exact) mass is 429 g/mol. The van der Waals surface area contributed by atoms with E-state index >= 15 is 0 Å². The first-order valence-electron chi connectivity index (χ1n) is 10.8. The van der Waals surface area contributed by atoms with Crippen molar-refractivity contribution in [2.75, 3.05) is 32.7 Å². The third kappa shape index (κ3) is 3.76. The van der Waals surface area contributed by atoms with Crippen LogP contribution >= 0.6 is 0 Å². The van der Waals surface area contributed by atoms with E-state index in [0.29, 0.717) is 51.1 Å². The van der Waals surface area contributed by atoms with E-state index in [2.05, 4.69) is 10.6 Å². The highest BCUT2D eigenvalue weighted by Crippen LogP contribution is 2.52. The molecule has 4 atom stereocenters. The van der Waals surface area contributed by atoms with E-state index in [-0.39, 0.29) is 23.3 Å². The number of piperazine rings is 1. The van der Waals surface area contributed by atoms with Crippen molar-refractivity contribution in [3.63, 3.8) is 0 Å². The maximum Gasteiger partial charge on any atom is 0.318 e. The first kappa shape index (κ1) is 21.2. The molecule has 4 rings (SSSR count). The molecule has 31 heavy (non-hydrogen) atoms. The van der Waals surface area contributed by atoms with Gasteiger partial charge in [0.15, 0.2) is 0 Å². The number of benzene rings is 1. The summed E-state index contributed by atoms with van der Waals surface area (Å²) < 4.78 is 0. The molecule has 2 heterocycles. The average Bonchev–Trinajstić information content (AvgIpc) is 3.32. The van der Waals surface area contributed by atoms with Crippen molar-refractivity contribution in [1.82, 2.24) is 20.4 Å². The summed E-state index contributed by atoms with van der Waals surface area (Å²) in [7, 11) is 0. The van der Waals surface area contributed by atoms with Crippen molar-refractivity contribution < 1.29 is 19.3 Å². The molecule has 2 saturated heterocycles. The predicted octanol–water partition coefficient (Wildman–Crippen LogP) is 1.08. The van der Waals surface area contributed by atoms with Gasteiger partial charge in [0.25, 0.3) is 5.69 Å². The van der Waals surface area contributed by atoms with Gasteiger partial charge in [-0.25, -0.2) is 4.79 Å². The molecule has 1 aromatic rings. The van der Waals surface area contributed by atoms with Crippen molar-refractivity contribution in [2.24, 2.45) is 11.8 Å². The zero-order valence-corrected chi connectivity index (χ0v) is 17.5. The number of nitro groups is 1. The number of amides is 3. The highest BCUT2D eigenvalue weighted by Gasteiger charge is 2.59. The summed E-state index contributed by atoms with van der Waals surface area (Å²) in [6, 6.07) is 4.17. The highest BCUT2D eigenvalue weighted by molar-refractivity contribution is 5.94. The Labute approximate surface area is 180 Å². The SMILES string of the molecule is CCNC(=O)N1C(C(=O)N2CCNCC2)C2CCC(=O)C2C1c1cccc([N+](=O)[O-])c1. The van der Waals surface area contributed by atoms with E-state index in [1.165, 1.54) is 17.0 Å². The number of Topliss-reactive ketones (excluding diaryl/α,β-unsaturated/α-hetero) is 1. The van der Waals surface area contributed by atoms with Gasteiger partial charge in [-0.1, -0.05) is 12.1 Å². The van der Waals surface area contributed by atoms with Crippen molar-refractivity contribution in [2.45, 2.75) is 31.8 Å². The summed E-state index contributed by atoms with van der Waals surface area (Å²) >= 11 is 0. The Morgan fingerprint density at radius 3 is 2.71 bits per heavy atom. The fourth-order valence-corrected chi connectivity index (χ4v) is 5.27. The molecule has 10 nitrogen and oxygen atoms in total. The van der Waals surface area contributed by atoms with Crippen LogP contribution in [0.25, 0.3) is 0 Å². The zero-order valence-electron chi connectivity index (χ0n) is 17.5. The van der Waals surface area contributed by atoms with E-state index in [0.717, 1.165) is 0 Å². The molecule has 3 amide bonds. The van der Waals surface area contributed by atoms with Gasteiger partial charge in [0.05, 0.1) is 11.0 Å². The van der Waals surface area contributed by atoms with Crippen LogP contribution in [0.4, 0.5) is 10.5 Å². The number of non-ortho nitro benzene ring substituents is 1. The largest absolute Gasteiger partial charge is 0.338 e. The molecule has 0 radical (unpaired) electrons. The fraction of sp³-hybridized carbons (Fsp3) is 0.571. The zero-order chi connectivity index (χ0) is 22.1. The summed E-state index contributed by atoms with van der Waals surface area (Å²) in [5.74, 6) is -0.972. The molecular formula is C21H27N5O5. The minimum atomic E-state index is -0.759. The van der Waals surface area contributed by atoms with Crippen LogP contribution in [-0.4, -0.2) is 71.2 Å². The summed E-state index contributed by atoms with van der Waals surface area (Å²) in [4.78, 5) is 53.7. The molecule has 2 aliphatic heterocycles. The van der Waals surface area contributed by atoms with Gasteiger partial charge in [0, 0.05) is 63.1 Å². The summed E-state index contributed by atoms with van der Waals surface area (Å²) in [6.07, 6.45) is 0.892. The fourth-order valence-electron chi connectivity index (χ4n) is 5.27. The second-order valence-electron chi connectivity index (χ2n) is 8.25. The molecule has 1 saturated carbocycles. The Hall–Kier alpha value is -3.01. The van der Waals surface area contributed by atoms with E-state index < -0.39 is 29.0 Å². The van der Waals surface area contributed by atoms with Gasteiger partial charge < -0.3 is 20.4 Å². The number of hydrogen-bond acceptors (Lipinski definition) is 6. The topological polar surface area (TPSA) is 125 Å². The minimum Gasteiger partial charge on any atom is -0.338 e. The quantitative estimate of drug-likeness (QED) is 0.545. The van der Waals surface area contributed by atoms with Crippen LogP contribution in [-0.2, 0) is 9.59 Å². The number of nitro benzene ring substituents is 1. The van der Waals surface area contributed by atoms with Gasteiger partial charge in [0.1, 0.15) is 11.8 Å². The number of hydrogen-bond donors (Lipinski definition) is 2. The second kappa shape index (κ2) is 8.62. The van der Waals surface area contributed by atoms with Crippen LogP contribution < -0.4 is 10.6 Å². The number of ketones is 1. The molecule has 2 N–H and O–H groups in total. The third-order valence-corrected chi connectivity index (χ3v) is 6.57. The van der Waals surface area contributed by atoms with Gasteiger partial charge in [-0.05, 0) is 18.9 Å². The molecule has 1 aromatic carbocycles. The van der Waals surface area contributed by atoms with Gasteiger partial charge in [-0.15, -0.1) is 0 Å². The predicted molar refractivity (Wildman–Crippen MR) is 111 cm³/mol. The Kier molecular flexibility index (Phi) is 5.90. The van der Waals surface area contributed by atoms with Crippen LogP contribution in [0.5, 0.6) is 0 Å². The number of carbonyl (C=O) groups is 3. The Bertz CT molecular complexity index is 900. The van der Waals surface area contributed by atoms with E-state index in [1.807, 2.05) is 0 Å². The number of likely N-dealkylation sites (tertiary alicyclic amines) is 1. The number of nitrogens with zero attached hydrogens (tertiary/aromatic N) is 3. The van der Waals surface area contributed by atoms with Crippen molar-refractivity contribution >= 4 is 23.4 Å². The lowest BCUT2D eigenvalue weighted by molar-refractivity contribution is -0.385. The van der Waals surface area contributed by atoms with Gasteiger partial charge >= 0.3 is 6.03 Å². The summed E-state index contributed by atoms with van der Waals surface area (Å²) in [6.45, 7) is 4.61. The summed E-state index contributed by atoms with van der Waals surface area (Å²) in [5, 5.41) is 17.3. The standard InChI is InChI=1S/C21H27N5O5/c1-2-23-21(29)25-18(13-4-3-5-14(12-13)26(30)31)17-15(6-7-16(17)27)19(25)20(28)24-10-8-22-9-11-24/h3-5,12,15,17-19,22H,2,6-11H2,1H3,(H,23,29). The maximum absolute atomic E-state index is 13.6. The number of fused-ring (bicyclic) bond motifs is 1. The van der Waals surface area contributed by atoms with Gasteiger partial charge in [-0.2, -0.15) is 0 Å². The molecule has 3 fully saturated rings. The molecule has 1 aliphatic carbocycles. The smallest absolute Gasteiger partial charge is 0.318 e. The molecule has 10 heteroatoms. The Morgan fingerprint density at radius 1 is 1.29 bits per heavy atom. The average molecular weight is 429 g/mol. The van der Waals surface area contributed by atoms with E-state index in [4.69, 9.17) is 0 Å². The highest BCUT2D eigenvalue weighted by atomic mass is 16.6. The van der Waals surface area contributed by atoms with Gasteiger partial charge in [-0.3, -0.25) is 19.7 Å². The third-order valence-electron chi connectivity index (χ3n) is 6.57. The first-order chi connectivity index (χ1) is 14.9. The molecule has 0 aromatic heterocycles. The molecule has 0 spiro atoms. The molecule has 4 unspecified atom stereocenters. The van der Waals surface area contributed by atoms with Crippen LogP contribution in [0.2, 0.25) is 0 Å². The molecule has 166 valence electrons. The number of rotatable bonds is 4. The minimum absolute atomic E-state index is 0.00594. The van der Waals surface area contributed by atoms with Crippen molar-refractivity contribution in [3.8, 4) is 0 Å². The van der Waals surface area contributed by atoms with Crippen LogP contribution in [0.15, 0.2) is 24.3 Å². The Balaban J connectivity index is 1.78. The lowest BCUT2D eigenvalue weighted by Gasteiger charge is -2.36. The second-order valence-corrected chi connectivity index (χ2v) is 8.25. The first-order valence-corrected chi connectivity index (χ1v) is 10.8. The van der Waals surface area contributed by atoms with E-state index in [9.17, 15) is 24.5 Å². The van der Waals surface area contributed by atoms with Crippen molar-refractivity contribution in [1.29, 1.82) is 0 Å². The molecule has 3 aliphatic rings.